The van der Waals surface area contributed by atoms with Crippen molar-refractivity contribution in [1.29, 1.82) is 0 Å². The van der Waals surface area contributed by atoms with E-state index in [1.165, 1.54) is 0 Å². The van der Waals surface area contributed by atoms with E-state index in [1.807, 2.05) is 32.9 Å². The van der Waals surface area contributed by atoms with Crippen LogP contribution in [-0.2, 0) is 9.59 Å². The zero-order valence-electron chi connectivity index (χ0n) is 12.3. The average molecular weight is 277 g/mol. The minimum atomic E-state index is -0.129. The van der Waals surface area contributed by atoms with Gasteiger partial charge in [-0.05, 0) is 30.5 Å². The summed E-state index contributed by atoms with van der Waals surface area (Å²) in [6, 6.07) is 5.44. The SMILES string of the molecule is Cc1ccc(NC(=O)CCN)cc1NC(=O)CC(C)C. The van der Waals surface area contributed by atoms with Crippen molar-refractivity contribution in [3.05, 3.63) is 23.8 Å². The van der Waals surface area contributed by atoms with Crippen molar-refractivity contribution in [3.8, 4) is 0 Å². The number of rotatable bonds is 6. The van der Waals surface area contributed by atoms with E-state index in [2.05, 4.69) is 10.6 Å². The number of carbonyl (C=O) groups is 2. The Kier molecular flexibility index (Phi) is 6.18. The molecule has 1 aromatic carbocycles. The van der Waals surface area contributed by atoms with Crippen molar-refractivity contribution in [2.45, 2.75) is 33.6 Å². The highest BCUT2D eigenvalue weighted by Gasteiger charge is 2.08. The number of hydrogen-bond donors (Lipinski definition) is 3. The summed E-state index contributed by atoms with van der Waals surface area (Å²) in [6.45, 7) is 6.22. The fourth-order valence-corrected chi connectivity index (χ4v) is 1.76. The van der Waals surface area contributed by atoms with Crippen LogP contribution in [0.1, 0.15) is 32.3 Å². The molecule has 0 unspecified atom stereocenters. The second-order valence-corrected chi connectivity index (χ2v) is 5.26. The summed E-state index contributed by atoms with van der Waals surface area (Å²) in [7, 11) is 0. The highest BCUT2D eigenvalue weighted by molar-refractivity contribution is 5.94. The van der Waals surface area contributed by atoms with Crippen molar-refractivity contribution in [2.75, 3.05) is 17.2 Å². The topological polar surface area (TPSA) is 84.2 Å². The van der Waals surface area contributed by atoms with Crippen LogP contribution in [0.25, 0.3) is 0 Å². The van der Waals surface area contributed by atoms with Gasteiger partial charge < -0.3 is 16.4 Å². The number of nitrogens with one attached hydrogen (secondary N) is 2. The predicted molar refractivity (Wildman–Crippen MR) is 81.6 cm³/mol. The first kappa shape index (κ1) is 16.2. The summed E-state index contributed by atoms with van der Waals surface area (Å²) < 4.78 is 0. The molecule has 0 saturated carbocycles. The maximum atomic E-state index is 11.8. The van der Waals surface area contributed by atoms with Crippen molar-refractivity contribution >= 4 is 23.2 Å². The van der Waals surface area contributed by atoms with Crippen molar-refractivity contribution in [3.63, 3.8) is 0 Å². The Hall–Kier alpha value is -1.88. The molecule has 0 fully saturated rings. The first-order valence-electron chi connectivity index (χ1n) is 6.82. The lowest BCUT2D eigenvalue weighted by atomic mass is 10.1. The molecule has 4 N–H and O–H groups in total. The second-order valence-electron chi connectivity index (χ2n) is 5.26. The minimum absolute atomic E-state index is 0.0199. The molecule has 0 radical (unpaired) electrons. The molecule has 5 heteroatoms. The Bertz CT molecular complexity index is 484. The maximum Gasteiger partial charge on any atom is 0.225 e. The van der Waals surface area contributed by atoms with Gasteiger partial charge in [-0.2, -0.15) is 0 Å². The predicted octanol–water partition coefficient (Wildman–Crippen LogP) is 2.27. The number of anilines is 2. The zero-order valence-corrected chi connectivity index (χ0v) is 12.3. The van der Waals surface area contributed by atoms with E-state index >= 15 is 0 Å². The van der Waals surface area contributed by atoms with Gasteiger partial charge in [-0.25, -0.2) is 0 Å². The normalized spacial score (nSPS) is 10.4. The van der Waals surface area contributed by atoms with Gasteiger partial charge in [-0.3, -0.25) is 9.59 Å². The zero-order chi connectivity index (χ0) is 15.1. The van der Waals surface area contributed by atoms with E-state index < -0.39 is 0 Å². The van der Waals surface area contributed by atoms with Gasteiger partial charge in [0, 0.05) is 30.8 Å². The fraction of sp³-hybridized carbons (Fsp3) is 0.467. The molecule has 0 heterocycles. The van der Waals surface area contributed by atoms with Gasteiger partial charge >= 0.3 is 0 Å². The lowest BCUT2D eigenvalue weighted by Crippen LogP contribution is -2.17. The fourth-order valence-electron chi connectivity index (χ4n) is 1.76. The molecule has 0 atom stereocenters. The largest absolute Gasteiger partial charge is 0.330 e. The third-order valence-corrected chi connectivity index (χ3v) is 2.76. The Morgan fingerprint density at radius 2 is 1.90 bits per heavy atom. The van der Waals surface area contributed by atoms with Gasteiger partial charge in [0.2, 0.25) is 11.8 Å². The van der Waals surface area contributed by atoms with Crippen LogP contribution in [0, 0.1) is 12.8 Å². The van der Waals surface area contributed by atoms with Crippen LogP contribution in [-0.4, -0.2) is 18.4 Å². The lowest BCUT2D eigenvalue weighted by molar-refractivity contribution is -0.117. The van der Waals surface area contributed by atoms with E-state index in [0.717, 1.165) is 11.3 Å². The molecule has 0 aromatic heterocycles. The van der Waals surface area contributed by atoms with Gasteiger partial charge in [-0.15, -0.1) is 0 Å². The summed E-state index contributed by atoms with van der Waals surface area (Å²) in [4.78, 5) is 23.3. The molecule has 2 amide bonds. The van der Waals surface area contributed by atoms with Crippen LogP contribution < -0.4 is 16.4 Å². The third-order valence-electron chi connectivity index (χ3n) is 2.76. The first-order chi connectivity index (χ1) is 9.42. The molecule has 0 aliphatic carbocycles. The van der Waals surface area contributed by atoms with Gasteiger partial charge in [0.15, 0.2) is 0 Å². The Labute approximate surface area is 119 Å². The summed E-state index contributed by atoms with van der Waals surface area (Å²) >= 11 is 0. The van der Waals surface area contributed by atoms with Crippen LogP contribution in [0.2, 0.25) is 0 Å². The van der Waals surface area contributed by atoms with Crippen molar-refractivity contribution < 1.29 is 9.59 Å². The van der Waals surface area contributed by atoms with Crippen LogP contribution in [0.4, 0.5) is 11.4 Å². The number of carbonyl (C=O) groups excluding carboxylic acids is 2. The molecule has 0 aliphatic heterocycles. The summed E-state index contributed by atoms with van der Waals surface area (Å²) in [5.41, 5.74) is 7.67. The quantitative estimate of drug-likeness (QED) is 0.745. The van der Waals surface area contributed by atoms with Gasteiger partial charge in [0.25, 0.3) is 0 Å². The summed E-state index contributed by atoms with van der Waals surface area (Å²) in [5.74, 6) is 0.159. The van der Waals surface area contributed by atoms with E-state index in [9.17, 15) is 9.59 Å². The number of aryl methyl sites for hydroxylation is 1. The minimum Gasteiger partial charge on any atom is -0.330 e. The smallest absolute Gasteiger partial charge is 0.225 e. The Morgan fingerprint density at radius 1 is 1.20 bits per heavy atom. The Morgan fingerprint density at radius 3 is 2.50 bits per heavy atom. The molecule has 1 aromatic rings. The molecular formula is C15H23N3O2. The first-order valence-corrected chi connectivity index (χ1v) is 6.82. The Balaban J connectivity index is 2.76. The molecule has 20 heavy (non-hydrogen) atoms. The highest BCUT2D eigenvalue weighted by atomic mass is 16.2. The third kappa shape index (κ3) is 5.40. The van der Waals surface area contributed by atoms with Crippen molar-refractivity contribution in [1.82, 2.24) is 0 Å². The van der Waals surface area contributed by atoms with Crippen LogP contribution in [0.5, 0.6) is 0 Å². The van der Waals surface area contributed by atoms with E-state index in [-0.39, 0.29) is 18.2 Å². The second kappa shape index (κ2) is 7.65. The van der Waals surface area contributed by atoms with E-state index in [4.69, 9.17) is 5.73 Å². The molecule has 0 saturated heterocycles. The van der Waals surface area contributed by atoms with Gasteiger partial charge in [-0.1, -0.05) is 19.9 Å². The van der Waals surface area contributed by atoms with E-state index in [0.29, 0.717) is 24.6 Å². The van der Waals surface area contributed by atoms with Gasteiger partial charge in [0.1, 0.15) is 0 Å². The van der Waals surface area contributed by atoms with Crippen LogP contribution >= 0.6 is 0 Å². The molecule has 0 spiro atoms. The molecular weight excluding hydrogens is 254 g/mol. The van der Waals surface area contributed by atoms with Crippen molar-refractivity contribution in [2.24, 2.45) is 11.7 Å². The number of nitrogens with two attached hydrogens (primary N) is 1. The number of hydrogen-bond acceptors (Lipinski definition) is 3. The lowest BCUT2D eigenvalue weighted by Gasteiger charge is -2.12. The van der Waals surface area contributed by atoms with Crippen LogP contribution in [0.3, 0.4) is 0 Å². The average Bonchev–Trinajstić information content (AvgIpc) is 2.32. The monoisotopic (exact) mass is 277 g/mol. The number of amides is 2. The maximum absolute atomic E-state index is 11.8. The summed E-state index contributed by atoms with van der Waals surface area (Å²) in [6.07, 6.45) is 0.756. The standard InChI is InChI=1S/C15H23N3O2/c1-10(2)8-15(20)18-13-9-12(5-4-11(13)3)17-14(19)6-7-16/h4-5,9-10H,6-8,16H2,1-3H3,(H,17,19)(H,18,20). The molecule has 0 aliphatic rings. The molecule has 110 valence electrons. The van der Waals surface area contributed by atoms with Crippen LogP contribution in [0.15, 0.2) is 18.2 Å². The van der Waals surface area contributed by atoms with E-state index in [1.54, 1.807) is 6.07 Å². The molecule has 5 nitrogen and oxygen atoms in total. The molecule has 0 bridgehead atoms. The number of benzene rings is 1. The summed E-state index contributed by atoms with van der Waals surface area (Å²) in [5, 5.41) is 5.63. The van der Waals surface area contributed by atoms with Gasteiger partial charge in [0.05, 0.1) is 0 Å². The molecule has 1 rings (SSSR count). The highest BCUT2D eigenvalue weighted by Crippen LogP contribution is 2.21.